The van der Waals surface area contributed by atoms with Crippen LogP contribution in [0.15, 0.2) is 58.5 Å². The molecule has 11 heteroatoms. The van der Waals surface area contributed by atoms with Crippen LogP contribution in [0.5, 0.6) is 5.75 Å². The van der Waals surface area contributed by atoms with Crippen LogP contribution in [0.3, 0.4) is 0 Å². The molecule has 0 unspecified atom stereocenters. The molecule has 4 aromatic heterocycles. The van der Waals surface area contributed by atoms with Gasteiger partial charge in [-0.05, 0) is 57.2 Å². The van der Waals surface area contributed by atoms with Crippen LogP contribution in [0.4, 0.5) is 8.78 Å². The largest absolute Gasteiger partial charge is 0.485 e. The Bertz CT molecular complexity index is 1790. The normalized spacial score (nSPS) is 14.4. The average Bonchev–Trinajstić information content (AvgIpc) is 2.87. The third-order valence-corrected chi connectivity index (χ3v) is 6.78. The Balaban J connectivity index is 1.64. The van der Waals surface area contributed by atoms with Gasteiger partial charge in [0.2, 0.25) is 0 Å². The van der Waals surface area contributed by atoms with Crippen LogP contribution < -0.4 is 15.9 Å². The maximum absolute atomic E-state index is 14.3. The summed E-state index contributed by atoms with van der Waals surface area (Å²) < 4.78 is 52.1. The molecule has 202 valence electrons. The molecule has 5 rings (SSSR count). The van der Waals surface area contributed by atoms with Gasteiger partial charge in [0, 0.05) is 41.9 Å². The number of pyridine rings is 4. The van der Waals surface area contributed by atoms with E-state index in [0.717, 1.165) is 12.0 Å². The quantitative estimate of drug-likeness (QED) is 0.391. The highest BCUT2D eigenvalue weighted by Crippen LogP contribution is 2.29. The van der Waals surface area contributed by atoms with E-state index >= 15 is 0 Å². The van der Waals surface area contributed by atoms with Crippen LogP contribution in [0.25, 0.3) is 11.5 Å². The number of hydrogen-bond donors (Lipinski definition) is 1. The lowest BCUT2D eigenvalue weighted by atomic mass is 10.00. The molecular weight excluding hydrogens is 530 g/mol. The number of hydrogen-bond acceptors (Lipinski definition) is 6. The lowest BCUT2D eigenvalue weighted by molar-refractivity contribution is 0.0767. The Morgan fingerprint density at radius 3 is 2.64 bits per heavy atom. The number of fused-ring (bicyclic) bond motifs is 3. The Labute approximate surface area is 229 Å². The lowest BCUT2D eigenvalue weighted by Gasteiger charge is -2.22. The molecule has 8 nitrogen and oxygen atoms in total. The highest BCUT2D eigenvalue weighted by molar-refractivity contribution is 6.31. The van der Waals surface area contributed by atoms with Gasteiger partial charge in [-0.1, -0.05) is 11.6 Å². The monoisotopic (exact) mass is 556 g/mol. The first-order valence-electron chi connectivity index (χ1n) is 13.2. The molecule has 0 saturated carbocycles. The van der Waals surface area contributed by atoms with E-state index in [-0.39, 0.29) is 17.1 Å². The van der Waals surface area contributed by atoms with E-state index < -0.39 is 45.6 Å². The molecule has 1 N–H and O–H groups in total. The van der Waals surface area contributed by atoms with Gasteiger partial charge >= 0.3 is 0 Å². The first-order valence-corrected chi connectivity index (χ1v) is 12.5. The molecule has 0 aliphatic carbocycles. The molecule has 0 atom stereocenters. The smallest absolute Gasteiger partial charge is 0.277 e. The minimum absolute atomic E-state index is 0.164. The number of rotatable bonds is 5. The van der Waals surface area contributed by atoms with Crippen molar-refractivity contribution in [3.05, 3.63) is 109 Å². The van der Waals surface area contributed by atoms with Gasteiger partial charge in [-0.15, -0.1) is 0 Å². The van der Waals surface area contributed by atoms with E-state index in [2.05, 4.69) is 9.97 Å². The number of ether oxygens (including phenoxy) is 1. The van der Waals surface area contributed by atoms with Crippen molar-refractivity contribution in [3.63, 3.8) is 0 Å². The molecule has 0 bridgehead atoms. The first kappa shape index (κ1) is 24.2. The van der Waals surface area contributed by atoms with E-state index in [0.29, 0.717) is 42.9 Å². The molecule has 0 radical (unpaired) electrons. The van der Waals surface area contributed by atoms with Gasteiger partial charge in [0.1, 0.15) is 34.7 Å². The summed E-state index contributed by atoms with van der Waals surface area (Å²) in [4.78, 5) is 34.8. The number of aliphatic hydroxyl groups is 1. The number of aryl methyl sites for hydroxylation is 2. The summed E-state index contributed by atoms with van der Waals surface area (Å²) >= 11 is 6.40. The molecule has 39 heavy (non-hydrogen) atoms. The maximum Gasteiger partial charge on any atom is 0.277 e. The van der Waals surface area contributed by atoms with E-state index in [9.17, 15) is 23.5 Å². The zero-order chi connectivity index (χ0) is 29.7. The minimum atomic E-state index is -2.88. The van der Waals surface area contributed by atoms with Crippen molar-refractivity contribution in [3.8, 4) is 17.3 Å². The zero-order valence-corrected chi connectivity index (χ0v) is 21.8. The van der Waals surface area contributed by atoms with E-state index in [1.165, 1.54) is 41.3 Å². The van der Waals surface area contributed by atoms with Crippen LogP contribution in [-0.4, -0.2) is 24.2 Å². The van der Waals surface area contributed by atoms with Crippen molar-refractivity contribution < 1.29 is 21.4 Å². The summed E-state index contributed by atoms with van der Waals surface area (Å²) in [6.07, 6.45) is 6.17. The molecule has 1 aliphatic heterocycles. The number of aromatic nitrogens is 4. The Morgan fingerprint density at radius 2 is 1.90 bits per heavy atom. The second-order valence-electron chi connectivity index (χ2n) is 9.68. The Kier molecular flexibility index (Phi) is 6.41. The summed E-state index contributed by atoms with van der Waals surface area (Å²) in [6, 6.07) is 6.60. The van der Waals surface area contributed by atoms with E-state index in [4.69, 9.17) is 19.1 Å². The molecule has 0 aromatic carbocycles. The van der Waals surface area contributed by atoms with Crippen molar-refractivity contribution in [2.45, 2.75) is 51.7 Å². The fraction of sp³-hybridized carbons (Fsp3) is 0.286. The van der Waals surface area contributed by atoms with Gasteiger partial charge in [0.15, 0.2) is 5.82 Å². The fourth-order valence-electron chi connectivity index (χ4n) is 4.49. The predicted molar refractivity (Wildman–Crippen MR) is 141 cm³/mol. The van der Waals surface area contributed by atoms with E-state index in [1.807, 2.05) is 0 Å². The van der Waals surface area contributed by atoms with Gasteiger partial charge in [-0.25, -0.2) is 13.8 Å². The number of halogens is 3. The van der Waals surface area contributed by atoms with Crippen molar-refractivity contribution in [1.29, 1.82) is 0 Å². The summed E-state index contributed by atoms with van der Waals surface area (Å²) in [5.41, 5.74) is -1.64. The maximum atomic E-state index is 14.3. The molecule has 4 aromatic rings. The van der Waals surface area contributed by atoms with Crippen LogP contribution in [-0.2, 0) is 25.0 Å². The van der Waals surface area contributed by atoms with Crippen molar-refractivity contribution in [2.24, 2.45) is 0 Å². The molecular formula is C28H25ClF2N4O4. The third kappa shape index (κ3) is 5.22. The average molecular weight is 557 g/mol. The van der Waals surface area contributed by atoms with E-state index in [1.54, 1.807) is 18.3 Å². The molecule has 0 spiro atoms. The van der Waals surface area contributed by atoms with Gasteiger partial charge in [-0.2, -0.15) is 0 Å². The highest BCUT2D eigenvalue weighted by Gasteiger charge is 2.24. The lowest BCUT2D eigenvalue weighted by Crippen LogP contribution is -2.31. The summed E-state index contributed by atoms with van der Waals surface area (Å²) in [5.74, 6) is -2.36. The number of nitrogens with zero attached hydrogens (tertiary/aromatic N) is 4. The second kappa shape index (κ2) is 10.3. The summed E-state index contributed by atoms with van der Waals surface area (Å²) in [5, 5.41) is 9.97. The van der Waals surface area contributed by atoms with Gasteiger partial charge in [0.05, 0.1) is 20.2 Å². The fourth-order valence-corrected chi connectivity index (χ4v) is 4.66. The van der Waals surface area contributed by atoms with Gasteiger partial charge in [0.25, 0.3) is 11.1 Å². The molecule has 1 aliphatic rings. The first-order chi connectivity index (χ1) is 19.3. The van der Waals surface area contributed by atoms with Crippen LogP contribution in [0, 0.1) is 11.6 Å². The van der Waals surface area contributed by atoms with Crippen LogP contribution >= 0.6 is 11.6 Å². The molecule has 0 amide bonds. The van der Waals surface area contributed by atoms with Crippen molar-refractivity contribution in [2.75, 3.05) is 0 Å². The third-order valence-electron chi connectivity index (χ3n) is 6.43. The predicted octanol–water partition coefficient (Wildman–Crippen LogP) is 4.40. The molecule has 0 saturated heterocycles. The van der Waals surface area contributed by atoms with Crippen LogP contribution in [0.2, 0.25) is 5.02 Å². The summed E-state index contributed by atoms with van der Waals surface area (Å²) in [6.45, 7) is 0.126. The van der Waals surface area contributed by atoms with Gasteiger partial charge < -0.3 is 9.84 Å². The Morgan fingerprint density at radius 1 is 1.13 bits per heavy atom. The SMILES string of the molecule is [2H]C([2H])(Oc1cc2n(c(=O)c1Cl)-c1cc(-n3cccc(C(C)(C)O)c3=O)ncc1CCCC2)c1ncc(F)cc1F. The van der Waals surface area contributed by atoms with Crippen LogP contribution in [0.1, 0.15) is 51.9 Å². The summed E-state index contributed by atoms with van der Waals surface area (Å²) in [7, 11) is 0. The second-order valence-corrected chi connectivity index (χ2v) is 10.1. The standard InChI is InChI=1S/C28H25ClF2N4O4/c1-28(2,38)19-8-5-9-34(26(19)36)24-12-22-16(13-33-24)6-3-4-7-18-11-23(25(29)27(37)35(18)22)39-15-21-20(31)10-17(30)14-32-21/h5,8-14,38H,3-4,6-7,15H2,1-2H3/i15D2. The minimum Gasteiger partial charge on any atom is -0.485 e. The topological polar surface area (TPSA) is 99.2 Å². The molecule has 0 fully saturated rings. The Hall–Kier alpha value is -3.89. The molecule has 5 heterocycles. The zero-order valence-electron chi connectivity index (χ0n) is 23.0. The van der Waals surface area contributed by atoms with Crippen molar-refractivity contribution in [1.82, 2.24) is 19.1 Å². The highest BCUT2D eigenvalue weighted by atomic mass is 35.5. The van der Waals surface area contributed by atoms with Gasteiger partial charge in [-0.3, -0.25) is 23.7 Å². The van der Waals surface area contributed by atoms with Crippen molar-refractivity contribution >= 4 is 11.6 Å².